The standard InChI is InChI=1S/C16H18ClN3O3S/c1-12-14(17)5-2-6-15(12)24(21,22)20-9-3-4-13(10-20)23-16-7-8-18-11-19-16/h2,5-8,11,13H,3-4,9-10H2,1H3. The number of nitrogens with zero attached hydrogens (tertiary/aromatic N) is 3. The van der Waals surface area contributed by atoms with Gasteiger partial charge in [0.1, 0.15) is 12.4 Å². The van der Waals surface area contributed by atoms with Gasteiger partial charge in [-0.3, -0.25) is 0 Å². The summed E-state index contributed by atoms with van der Waals surface area (Å²) < 4.78 is 33.1. The van der Waals surface area contributed by atoms with Crippen molar-refractivity contribution in [1.82, 2.24) is 14.3 Å². The Bertz CT molecular complexity index is 815. The highest BCUT2D eigenvalue weighted by molar-refractivity contribution is 7.89. The molecule has 6 nitrogen and oxygen atoms in total. The van der Waals surface area contributed by atoms with Crippen molar-refractivity contribution in [3.8, 4) is 5.88 Å². The van der Waals surface area contributed by atoms with Crippen LogP contribution in [-0.4, -0.2) is 41.9 Å². The lowest BCUT2D eigenvalue weighted by molar-refractivity contribution is 0.124. The maximum absolute atomic E-state index is 12.9. The predicted octanol–water partition coefficient (Wildman–Crippen LogP) is 2.67. The zero-order valence-electron chi connectivity index (χ0n) is 13.2. The van der Waals surface area contributed by atoms with Crippen LogP contribution in [0.4, 0.5) is 0 Å². The topological polar surface area (TPSA) is 72.4 Å². The summed E-state index contributed by atoms with van der Waals surface area (Å²) in [5.41, 5.74) is 0.568. The summed E-state index contributed by atoms with van der Waals surface area (Å²) in [7, 11) is -3.60. The number of halogens is 1. The predicted molar refractivity (Wildman–Crippen MR) is 90.6 cm³/mol. The Balaban J connectivity index is 1.80. The largest absolute Gasteiger partial charge is 0.473 e. The Labute approximate surface area is 146 Å². The SMILES string of the molecule is Cc1c(Cl)cccc1S(=O)(=O)N1CCCC(Oc2ccncn2)C1. The molecule has 0 radical (unpaired) electrons. The van der Waals surface area contributed by atoms with E-state index in [2.05, 4.69) is 9.97 Å². The van der Waals surface area contributed by atoms with Gasteiger partial charge in [-0.1, -0.05) is 17.7 Å². The third kappa shape index (κ3) is 3.53. The Morgan fingerprint density at radius 3 is 2.92 bits per heavy atom. The maximum Gasteiger partial charge on any atom is 0.243 e. The molecule has 0 spiro atoms. The zero-order chi connectivity index (χ0) is 17.2. The highest BCUT2D eigenvalue weighted by atomic mass is 35.5. The molecule has 2 heterocycles. The number of rotatable bonds is 4. The van der Waals surface area contributed by atoms with Crippen LogP contribution in [0, 0.1) is 6.92 Å². The smallest absolute Gasteiger partial charge is 0.243 e. The number of benzene rings is 1. The van der Waals surface area contributed by atoms with Crippen LogP contribution in [0.5, 0.6) is 5.88 Å². The molecule has 1 atom stereocenters. The van der Waals surface area contributed by atoms with Crippen LogP contribution in [-0.2, 0) is 10.0 Å². The second-order valence-electron chi connectivity index (χ2n) is 5.66. The maximum atomic E-state index is 12.9. The summed E-state index contributed by atoms with van der Waals surface area (Å²) >= 11 is 6.07. The molecule has 1 aliphatic heterocycles. The Morgan fingerprint density at radius 2 is 2.17 bits per heavy atom. The first-order valence-corrected chi connectivity index (χ1v) is 9.48. The van der Waals surface area contributed by atoms with Crippen LogP contribution in [0.25, 0.3) is 0 Å². The fourth-order valence-electron chi connectivity index (χ4n) is 2.74. The summed E-state index contributed by atoms with van der Waals surface area (Å²) in [5, 5.41) is 0.446. The molecule has 128 valence electrons. The van der Waals surface area contributed by atoms with Gasteiger partial charge >= 0.3 is 0 Å². The molecule has 1 aromatic heterocycles. The molecule has 1 fully saturated rings. The van der Waals surface area contributed by atoms with Gasteiger partial charge in [0, 0.05) is 23.8 Å². The molecule has 0 amide bonds. The minimum Gasteiger partial charge on any atom is -0.473 e. The quantitative estimate of drug-likeness (QED) is 0.830. The van der Waals surface area contributed by atoms with Crippen LogP contribution in [0.1, 0.15) is 18.4 Å². The second-order valence-corrected chi connectivity index (χ2v) is 7.97. The van der Waals surface area contributed by atoms with Gasteiger partial charge < -0.3 is 4.74 Å². The minimum absolute atomic E-state index is 0.233. The van der Waals surface area contributed by atoms with Crippen molar-refractivity contribution in [1.29, 1.82) is 0 Å². The van der Waals surface area contributed by atoms with Gasteiger partial charge in [-0.25, -0.2) is 18.4 Å². The zero-order valence-corrected chi connectivity index (χ0v) is 14.8. The van der Waals surface area contributed by atoms with Crippen molar-refractivity contribution in [2.75, 3.05) is 13.1 Å². The van der Waals surface area contributed by atoms with Gasteiger partial charge in [0.15, 0.2) is 0 Å². The molecule has 0 saturated carbocycles. The van der Waals surface area contributed by atoms with E-state index in [0.717, 1.165) is 12.8 Å². The number of piperidine rings is 1. The molecular weight excluding hydrogens is 350 g/mol. The van der Waals surface area contributed by atoms with E-state index in [1.807, 2.05) is 0 Å². The second kappa shape index (κ2) is 7.04. The molecular formula is C16H18ClN3O3S. The number of hydrogen-bond acceptors (Lipinski definition) is 5. The van der Waals surface area contributed by atoms with Crippen molar-refractivity contribution in [3.05, 3.63) is 47.4 Å². The van der Waals surface area contributed by atoms with E-state index in [0.29, 0.717) is 23.0 Å². The normalized spacial score (nSPS) is 19.2. The van der Waals surface area contributed by atoms with E-state index in [4.69, 9.17) is 16.3 Å². The molecule has 0 N–H and O–H groups in total. The van der Waals surface area contributed by atoms with E-state index < -0.39 is 10.0 Å². The molecule has 2 aromatic rings. The summed E-state index contributed by atoms with van der Waals surface area (Å²) in [5.74, 6) is 0.452. The number of aromatic nitrogens is 2. The van der Waals surface area contributed by atoms with E-state index in [1.54, 1.807) is 37.4 Å². The first kappa shape index (κ1) is 17.1. The van der Waals surface area contributed by atoms with E-state index in [1.165, 1.54) is 10.6 Å². The van der Waals surface area contributed by atoms with Gasteiger partial charge in [0.05, 0.1) is 11.4 Å². The third-order valence-corrected chi connectivity index (χ3v) is 6.44. The Morgan fingerprint density at radius 1 is 1.33 bits per heavy atom. The van der Waals surface area contributed by atoms with Gasteiger partial charge in [-0.2, -0.15) is 4.31 Å². The summed E-state index contributed by atoms with van der Waals surface area (Å²) in [6.45, 7) is 2.48. The fourth-order valence-corrected chi connectivity index (χ4v) is 4.73. The third-order valence-electron chi connectivity index (χ3n) is 4.02. The molecule has 24 heavy (non-hydrogen) atoms. The highest BCUT2D eigenvalue weighted by Gasteiger charge is 2.32. The van der Waals surface area contributed by atoms with Crippen LogP contribution in [0.2, 0.25) is 5.02 Å². The Hall–Kier alpha value is -1.70. The first-order valence-electron chi connectivity index (χ1n) is 7.66. The first-order chi connectivity index (χ1) is 11.5. The lowest BCUT2D eigenvalue weighted by Gasteiger charge is -2.32. The molecule has 0 bridgehead atoms. The number of sulfonamides is 1. The minimum atomic E-state index is -3.60. The van der Waals surface area contributed by atoms with Crippen molar-refractivity contribution in [2.24, 2.45) is 0 Å². The van der Waals surface area contributed by atoms with E-state index >= 15 is 0 Å². The molecule has 1 aliphatic rings. The fraction of sp³-hybridized carbons (Fsp3) is 0.375. The summed E-state index contributed by atoms with van der Waals surface area (Å²) in [4.78, 5) is 8.11. The summed E-state index contributed by atoms with van der Waals surface area (Å²) in [6, 6.07) is 6.59. The molecule has 3 rings (SSSR count). The number of ether oxygens (including phenoxy) is 1. The van der Waals surface area contributed by atoms with Crippen molar-refractivity contribution in [3.63, 3.8) is 0 Å². The highest BCUT2D eigenvalue weighted by Crippen LogP contribution is 2.28. The molecule has 1 saturated heterocycles. The van der Waals surface area contributed by atoms with Crippen molar-refractivity contribution >= 4 is 21.6 Å². The van der Waals surface area contributed by atoms with Gasteiger partial charge in [0.2, 0.25) is 15.9 Å². The van der Waals surface area contributed by atoms with E-state index in [9.17, 15) is 8.42 Å². The Kier molecular flexibility index (Phi) is 5.03. The molecule has 1 aromatic carbocycles. The van der Waals surface area contributed by atoms with Gasteiger partial charge in [0.25, 0.3) is 0 Å². The number of hydrogen-bond donors (Lipinski definition) is 0. The lowest BCUT2D eigenvalue weighted by atomic mass is 10.1. The average molecular weight is 368 g/mol. The lowest BCUT2D eigenvalue weighted by Crippen LogP contribution is -2.44. The molecule has 0 aliphatic carbocycles. The van der Waals surface area contributed by atoms with Gasteiger partial charge in [-0.05, 0) is 37.5 Å². The average Bonchev–Trinajstić information content (AvgIpc) is 2.58. The summed E-state index contributed by atoms with van der Waals surface area (Å²) in [6.07, 6.45) is 4.28. The van der Waals surface area contributed by atoms with Gasteiger partial charge in [-0.15, -0.1) is 0 Å². The molecule has 8 heteroatoms. The van der Waals surface area contributed by atoms with Crippen LogP contribution < -0.4 is 4.74 Å². The van der Waals surface area contributed by atoms with Crippen LogP contribution in [0.3, 0.4) is 0 Å². The van der Waals surface area contributed by atoms with Crippen molar-refractivity contribution in [2.45, 2.75) is 30.8 Å². The molecule has 1 unspecified atom stereocenters. The van der Waals surface area contributed by atoms with Crippen LogP contribution in [0.15, 0.2) is 41.7 Å². The van der Waals surface area contributed by atoms with Crippen molar-refractivity contribution < 1.29 is 13.2 Å². The van der Waals surface area contributed by atoms with Crippen LogP contribution >= 0.6 is 11.6 Å². The van der Waals surface area contributed by atoms with E-state index in [-0.39, 0.29) is 17.5 Å². The monoisotopic (exact) mass is 367 g/mol.